The molecule has 2 N–H and O–H groups in total. The monoisotopic (exact) mass is 210 g/mol. The number of nitrogens with two attached hydrogens (primary N) is 1. The average molecular weight is 210 g/mol. The summed E-state index contributed by atoms with van der Waals surface area (Å²) in [6.45, 7) is 0.509. The van der Waals surface area contributed by atoms with Crippen LogP contribution in [0.25, 0.3) is 0 Å². The van der Waals surface area contributed by atoms with Crippen LogP contribution >= 0.6 is 0 Å². The van der Waals surface area contributed by atoms with Crippen molar-refractivity contribution in [1.29, 1.82) is 0 Å². The molecule has 1 saturated carbocycles. The topological polar surface area (TPSA) is 66.0 Å². The molecule has 1 aromatic heterocycles. The number of aromatic nitrogens is 3. The van der Waals surface area contributed by atoms with Crippen molar-refractivity contribution in [3.8, 4) is 0 Å². The molecule has 84 valence electrons. The van der Waals surface area contributed by atoms with Gasteiger partial charge >= 0.3 is 0 Å². The Bertz CT molecular complexity index is 312. The fourth-order valence-electron chi connectivity index (χ4n) is 1.95. The van der Waals surface area contributed by atoms with E-state index < -0.39 is 0 Å². The number of rotatable bonds is 3. The van der Waals surface area contributed by atoms with E-state index in [0.717, 1.165) is 18.7 Å². The smallest absolute Gasteiger partial charge is 0.158 e. The standard InChI is InChI=1S/C10H18N4O/c1-14-7-12-13-10(14)6-15-9-5-3-2-4-8(9)11/h7-9H,2-6,11H2,1H3. The van der Waals surface area contributed by atoms with E-state index in [9.17, 15) is 0 Å². The molecule has 0 aliphatic heterocycles. The second-order valence-corrected chi connectivity index (χ2v) is 4.16. The predicted molar refractivity (Wildman–Crippen MR) is 56.0 cm³/mol. The van der Waals surface area contributed by atoms with Crippen LogP contribution in [0.5, 0.6) is 0 Å². The fraction of sp³-hybridized carbons (Fsp3) is 0.800. The minimum atomic E-state index is 0.187. The molecule has 0 aromatic carbocycles. The van der Waals surface area contributed by atoms with E-state index in [2.05, 4.69) is 10.2 Å². The Morgan fingerprint density at radius 3 is 3.00 bits per heavy atom. The van der Waals surface area contributed by atoms with Gasteiger partial charge in [-0.05, 0) is 12.8 Å². The molecule has 0 radical (unpaired) electrons. The van der Waals surface area contributed by atoms with Crippen LogP contribution in [0.15, 0.2) is 6.33 Å². The number of aryl methyl sites for hydroxylation is 1. The third kappa shape index (κ3) is 2.54. The van der Waals surface area contributed by atoms with Gasteiger partial charge in [-0.1, -0.05) is 12.8 Å². The highest BCUT2D eigenvalue weighted by Gasteiger charge is 2.22. The Morgan fingerprint density at radius 2 is 2.33 bits per heavy atom. The molecule has 1 aromatic rings. The lowest BCUT2D eigenvalue weighted by molar-refractivity contribution is -0.0000397. The summed E-state index contributed by atoms with van der Waals surface area (Å²) in [5, 5.41) is 7.78. The van der Waals surface area contributed by atoms with Crippen molar-refractivity contribution >= 4 is 0 Å². The summed E-state index contributed by atoms with van der Waals surface area (Å²) < 4.78 is 7.64. The van der Waals surface area contributed by atoms with E-state index in [4.69, 9.17) is 10.5 Å². The fourth-order valence-corrected chi connectivity index (χ4v) is 1.95. The summed E-state index contributed by atoms with van der Waals surface area (Å²) in [5.41, 5.74) is 5.99. The quantitative estimate of drug-likeness (QED) is 0.793. The van der Waals surface area contributed by atoms with Crippen molar-refractivity contribution in [2.45, 2.75) is 44.4 Å². The highest BCUT2D eigenvalue weighted by atomic mass is 16.5. The minimum absolute atomic E-state index is 0.187. The molecule has 1 aliphatic rings. The molecule has 0 saturated heterocycles. The van der Waals surface area contributed by atoms with Gasteiger partial charge in [-0.15, -0.1) is 10.2 Å². The molecule has 2 rings (SSSR count). The van der Waals surface area contributed by atoms with Gasteiger partial charge in [0.2, 0.25) is 0 Å². The van der Waals surface area contributed by atoms with Crippen molar-refractivity contribution < 1.29 is 4.74 Å². The van der Waals surface area contributed by atoms with Crippen LogP contribution in [-0.2, 0) is 18.4 Å². The van der Waals surface area contributed by atoms with E-state index in [1.807, 2.05) is 11.6 Å². The molecule has 1 fully saturated rings. The maximum Gasteiger partial charge on any atom is 0.158 e. The van der Waals surface area contributed by atoms with Gasteiger partial charge < -0.3 is 15.0 Å². The third-order valence-electron chi connectivity index (χ3n) is 2.99. The van der Waals surface area contributed by atoms with E-state index in [-0.39, 0.29) is 12.1 Å². The number of nitrogens with zero attached hydrogens (tertiary/aromatic N) is 3. The zero-order valence-corrected chi connectivity index (χ0v) is 9.09. The van der Waals surface area contributed by atoms with Gasteiger partial charge in [-0.25, -0.2) is 0 Å². The van der Waals surface area contributed by atoms with E-state index in [1.165, 1.54) is 12.8 Å². The van der Waals surface area contributed by atoms with Crippen molar-refractivity contribution in [3.05, 3.63) is 12.2 Å². The first-order valence-corrected chi connectivity index (χ1v) is 5.47. The van der Waals surface area contributed by atoms with Crippen LogP contribution in [0.1, 0.15) is 31.5 Å². The van der Waals surface area contributed by atoms with Gasteiger partial charge in [-0.3, -0.25) is 0 Å². The molecule has 0 bridgehead atoms. The first kappa shape index (κ1) is 10.6. The number of hydrogen-bond acceptors (Lipinski definition) is 4. The number of hydrogen-bond donors (Lipinski definition) is 1. The summed E-state index contributed by atoms with van der Waals surface area (Å²) in [6.07, 6.45) is 6.46. The largest absolute Gasteiger partial charge is 0.369 e. The van der Waals surface area contributed by atoms with Crippen LogP contribution < -0.4 is 5.73 Å². The van der Waals surface area contributed by atoms with Gasteiger partial charge in [0.25, 0.3) is 0 Å². The average Bonchev–Trinajstić information content (AvgIpc) is 2.63. The second-order valence-electron chi connectivity index (χ2n) is 4.16. The van der Waals surface area contributed by atoms with Crippen LogP contribution in [0.3, 0.4) is 0 Å². The highest BCUT2D eigenvalue weighted by Crippen LogP contribution is 2.20. The third-order valence-corrected chi connectivity index (χ3v) is 2.99. The van der Waals surface area contributed by atoms with Crippen LogP contribution in [0, 0.1) is 0 Å². The lowest BCUT2D eigenvalue weighted by Gasteiger charge is -2.28. The Kier molecular flexibility index (Phi) is 3.33. The lowest BCUT2D eigenvalue weighted by atomic mass is 9.93. The zero-order valence-electron chi connectivity index (χ0n) is 9.09. The molecule has 5 heteroatoms. The van der Waals surface area contributed by atoms with E-state index in [0.29, 0.717) is 6.61 Å². The molecule has 0 amide bonds. The van der Waals surface area contributed by atoms with Crippen molar-refractivity contribution in [3.63, 3.8) is 0 Å². The van der Waals surface area contributed by atoms with Gasteiger partial charge in [0.15, 0.2) is 5.82 Å². The SMILES string of the molecule is Cn1cnnc1COC1CCCCC1N. The Balaban J connectivity index is 1.84. The second kappa shape index (κ2) is 4.72. The molecule has 2 atom stereocenters. The lowest BCUT2D eigenvalue weighted by Crippen LogP contribution is -2.39. The first-order valence-electron chi connectivity index (χ1n) is 5.47. The molecule has 15 heavy (non-hydrogen) atoms. The van der Waals surface area contributed by atoms with Crippen molar-refractivity contribution in [2.75, 3.05) is 0 Å². The van der Waals surface area contributed by atoms with E-state index in [1.54, 1.807) is 6.33 Å². The highest BCUT2D eigenvalue weighted by molar-refractivity contribution is 4.83. The molecular formula is C10H18N4O. The van der Waals surface area contributed by atoms with E-state index >= 15 is 0 Å². The molecule has 2 unspecified atom stereocenters. The maximum absolute atomic E-state index is 5.99. The van der Waals surface area contributed by atoms with Gasteiger partial charge in [0, 0.05) is 13.1 Å². The zero-order chi connectivity index (χ0) is 10.7. The van der Waals surface area contributed by atoms with Gasteiger partial charge in [0.1, 0.15) is 12.9 Å². The summed E-state index contributed by atoms with van der Waals surface area (Å²) in [7, 11) is 1.92. The summed E-state index contributed by atoms with van der Waals surface area (Å²) in [5.74, 6) is 0.854. The van der Waals surface area contributed by atoms with Crippen molar-refractivity contribution in [2.24, 2.45) is 12.8 Å². The van der Waals surface area contributed by atoms with Gasteiger partial charge in [0.05, 0.1) is 6.10 Å². The van der Waals surface area contributed by atoms with Crippen molar-refractivity contribution in [1.82, 2.24) is 14.8 Å². The van der Waals surface area contributed by atoms with Gasteiger partial charge in [-0.2, -0.15) is 0 Å². The summed E-state index contributed by atoms with van der Waals surface area (Å²) in [4.78, 5) is 0. The molecule has 1 heterocycles. The van der Waals surface area contributed by atoms with Crippen LogP contribution in [0.2, 0.25) is 0 Å². The van der Waals surface area contributed by atoms with Crippen LogP contribution in [0.4, 0.5) is 0 Å². The predicted octanol–water partition coefficient (Wildman–Crippen LogP) is 0.602. The maximum atomic E-state index is 5.99. The molecule has 5 nitrogen and oxygen atoms in total. The molecular weight excluding hydrogens is 192 g/mol. The Morgan fingerprint density at radius 1 is 1.53 bits per heavy atom. The van der Waals surface area contributed by atoms with Crippen LogP contribution in [-0.4, -0.2) is 26.9 Å². The normalized spacial score (nSPS) is 26.8. The Hall–Kier alpha value is -0.940. The number of ether oxygens (including phenoxy) is 1. The summed E-state index contributed by atoms with van der Waals surface area (Å²) in [6, 6.07) is 0.187. The molecule has 0 spiro atoms. The summed E-state index contributed by atoms with van der Waals surface area (Å²) >= 11 is 0. The molecule has 1 aliphatic carbocycles. The first-order chi connectivity index (χ1) is 7.27. The minimum Gasteiger partial charge on any atom is -0.369 e. The Labute approximate surface area is 89.6 Å².